The second-order valence-electron chi connectivity index (χ2n) is 5.32. The quantitative estimate of drug-likeness (QED) is 0.758. The first kappa shape index (κ1) is 12.6. The molecule has 1 aromatic carbocycles. The number of aliphatic hydroxyl groups excluding tert-OH is 1. The van der Waals surface area contributed by atoms with Crippen LogP contribution in [0.5, 0.6) is 0 Å². The molecule has 1 aliphatic carbocycles. The van der Waals surface area contributed by atoms with Crippen LogP contribution in [-0.2, 0) is 6.42 Å². The highest BCUT2D eigenvalue weighted by molar-refractivity contribution is 5.15. The Kier molecular flexibility index (Phi) is 4.57. The van der Waals surface area contributed by atoms with Gasteiger partial charge in [-0.3, -0.25) is 0 Å². The van der Waals surface area contributed by atoms with Crippen LogP contribution in [0.2, 0.25) is 0 Å². The molecule has 0 radical (unpaired) electrons. The number of nitrogens with one attached hydrogen (secondary N) is 1. The fraction of sp³-hybridized carbons (Fsp3) is 0.600. The number of hydrogen-bond acceptors (Lipinski definition) is 2. The zero-order valence-electron chi connectivity index (χ0n) is 10.6. The minimum atomic E-state index is 0.186. The van der Waals surface area contributed by atoms with E-state index in [4.69, 9.17) is 0 Å². The maximum Gasteiger partial charge on any atom is 0.0587 e. The predicted molar refractivity (Wildman–Crippen MR) is 71.0 cm³/mol. The summed E-state index contributed by atoms with van der Waals surface area (Å²) in [5.41, 5.74) is 1.29. The van der Waals surface area contributed by atoms with Crippen molar-refractivity contribution < 1.29 is 5.11 Å². The molecule has 0 amide bonds. The lowest BCUT2D eigenvalue weighted by atomic mass is 10.0. The first-order valence-corrected chi connectivity index (χ1v) is 6.68. The van der Waals surface area contributed by atoms with Crippen molar-refractivity contribution in [2.45, 2.75) is 44.7 Å². The van der Waals surface area contributed by atoms with Crippen molar-refractivity contribution in [3.05, 3.63) is 35.9 Å². The maximum atomic E-state index is 9.42. The minimum Gasteiger partial charge on any atom is -0.395 e. The lowest BCUT2D eigenvalue weighted by molar-refractivity contribution is 0.229. The third-order valence-corrected chi connectivity index (χ3v) is 3.45. The third-order valence-electron chi connectivity index (χ3n) is 3.45. The molecule has 0 saturated heterocycles. The summed E-state index contributed by atoms with van der Waals surface area (Å²) in [4.78, 5) is 0. The molecule has 1 aromatic rings. The monoisotopic (exact) mass is 233 g/mol. The molecule has 2 rings (SSSR count). The van der Waals surface area contributed by atoms with E-state index in [0.29, 0.717) is 6.04 Å². The Hall–Kier alpha value is -0.860. The summed E-state index contributed by atoms with van der Waals surface area (Å²) in [6.07, 6.45) is 4.96. The van der Waals surface area contributed by atoms with Gasteiger partial charge in [0.1, 0.15) is 0 Å². The van der Waals surface area contributed by atoms with Gasteiger partial charge in [-0.2, -0.15) is 0 Å². The van der Waals surface area contributed by atoms with Crippen molar-refractivity contribution in [1.29, 1.82) is 0 Å². The number of rotatable bonds is 7. The van der Waals surface area contributed by atoms with Crippen molar-refractivity contribution in [3.63, 3.8) is 0 Å². The van der Waals surface area contributed by atoms with Crippen LogP contribution in [0.1, 0.15) is 31.7 Å². The molecule has 1 fully saturated rings. The average molecular weight is 233 g/mol. The highest BCUT2D eigenvalue weighted by Crippen LogP contribution is 2.33. The van der Waals surface area contributed by atoms with Crippen LogP contribution in [0.4, 0.5) is 0 Å². The zero-order chi connectivity index (χ0) is 12.1. The van der Waals surface area contributed by atoms with Gasteiger partial charge in [-0.25, -0.2) is 0 Å². The van der Waals surface area contributed by atoms with Gasteiger partial charge in [-0.05, 0) is 31.2 Å². The van der Waals surface area contributed by atoms with Gasteiger partial charge < -0.3 is 10.4 Å². The van der Waals surface area contributed by atoms with Crippen LogP contribution in [0.15, 0.2) is 30.3 Å². The van der Waals surface area contributed by atoms with Crippen molar-refractivity contribution in [2.75, 3.05) is 6.61 Å². The van der Waals surface area contributed by atoms with Gasteiger partial charge in [0.05, 0.1) is 6.61 Å². The van der Waals surface area contributed by atoms with Crippen molar-refractivity contribution >= 4 is 0 Å². The largest absolute Gasteiger partial charge is 0.395 e. The van der Waals surface area contributed by atoms with Gasteiger partial charge in [0.25, 0.3) is 0 Å². The van der Waals surface area contributed by atoms with Crippen LogP contribution in [0, 0.1) is 5.92 Å². The molecule has 0 aromatic heterocycles. The molecular formula is C15H23NO. The molecule has 1 aliphatic rings. The molecule has 2 heteroatoms. The van der Waals surface area contributed by atoms with Gasteiger partial charge in [-0.1, -0.05) is 43.2 Å². The van der Waals surface area contributed by atoms with Crippen LogP contribution in [-0.4, -0.2) is 23.8 Å². The van der Waals surface area contributed by atoms with E-state index in [1.807, 2.05) is 6.07 Å². The molecule has 1 unspecified atom stereocenters. The predicted octanol–water partition coefficient (Wildman–Crippen LogP) is 2.37. The number of aliphatic hydroxyl groups is 1. The average Bonchev–Trinajstić information content (AvgIpc) is 3.13. The maximum absolute atomic E-state index is 9.42. The Morgan fingerprint density at radius 3 is 2.59 bits per heavy atom. The summed E-state index contributed by atoms with van der Waals surface area (Å²) in [6.45, 7) is 2.44. The van der Waals surface area contributed by atoms with Crippen molar-refractivity contribution in [3.8, 4) is 0 Å². The zero-order valence-corrected chi connectivity index (χ0v) is 10.6. The molecule has 2 N–H and O–H groups in total. The van der Waals surface area contributed by atoms with E-state index in [0.717, 1.165) is 12.3 Å². The van der Waals surface area contributed by atoms with Gasteiger partial charge in [-0.15, -0.1) is 0 Å². The highest BCUT2D eigenvalue weighted by Gasteiger charge is 2.24. The van der Waals surface area contributed by atoms with Gasteiger partial charge in [0.2, 0.25) is 0 Å². The topological polar surface area (TPSA) is 32.3 Å². The second kappa shape index (κ2) is 6.18. The van der Waals surface area contributed by atoms with E-state index in [9.17, 15) is 5.11 Å². The molecular weight excluding hydrogens is 210 g/mol. The lowest BCUT2D eigenvalue weighted by Gasteiger charge is -2.21. The van der Waals surface area contributed by atoms with E-state index in [2.05, 4.69) is 36.5 Å². The molecule has 94 valence electrons. The van der Waals surface area contributed by atoms with Crippen LogP contribution < -0.4 is 5.32 Å². The summed E-state index contributed by atoms with van der Waals surface area (Å²) in [7, 11) is 0. The fourth-order valence-corrected chi connectivity index (χ4v) is 2.40. The van der Waals surface area contributed by atoms with E-state index >= 15 is 0 Å². The summed E-state index contributed by atoms with van der Waals surface area (Å²) in [5, 5.41) is 13.0. The minimum absolute atomic E-state index is 0.186. The number of hydrogen-bond donors (Lipinski definition) is 2. The first-order chi connectivity index (χ1) is 8.28. The standard InChI is InChI=1S/C15H23NO/c1-12(9-14-7-8-14)16-15(11-17)10-13-5-3-2-4-6-13/h2-6,12,14-17H,7-11H2,1H3/t12?,15-/m1/s1. The Labute approximate surface area is 104 Å². The fourth-order valence-electron chi connectivity index (χ4n) is 2.40. The molecule has 0 heterocycles. The first-order valence-electron chi connectivity index (χ1n) is 6.68. The van der Waals surface area contributed by atoms with Crippen LogP contribution in [0.3, 0.4) is 0 Å². The Morgan fingerprint density at radius 2 is 2.00 bits per heavy atom. The Bertz CT molecular complexity index is 321. The van der Waals surface area contributed by atoms with Gasteiger partial charge in [0.15, 0.2) is 0 Å². The van der Waals surface area contributed by atoms with Crippen LogP contribution >= 0.6 is 0 Å². The second-order valence-corrected chi connectivity index (χ2v) is 5.32. The normalized spacial score (nSPS) is 18.9. The summed E-state index contributed by atoms with van der Waals surface area (Å²) >= 11 is 0. The molecule has 1 saturated carbocycles. The highest BCUT2D eigenvalue weighted by atomic mass is 16.3. The van der Waals surface area contributed by atoms with Crippen molar-refractivity contribution in [1.82, 2.24) is 5.32 Å². The van der Waals surface area contributed by atoms with Gasteiger partial charge >= 0.3 is 0 Å². The van der Waals surface area contributed by atoms with E-state index in [1.165, 1.54) is 24.8 Å². The summed E-state index contributed by atoms with van der Waals surface area (Å²) < 4.78 is 0. The lowest BCUT2D eigenvalue weighted by Crippen LogP contribution is -2.40. The van der Waals surface area contributed by atoms with E-state index in [-0.39, 0.29) is 12.6 Å². The summed E-state index contributed by atoms with van der Waals surface area (Å²) in [6, 6.07) is 11.1. The molecule has 2 atom stereocenters. The van der Waals surface area contributed by atoms with Gasteiger partial charge in [0, 0.05) is 12.1 Å². The molecule has 0 spiro atoms. The van der Waals surface area contributed by atoms with E-state index < -0.39 is 0 Å². The molecule has 2 nitrogen and oxygen atoms in total. The van der Waals surface area contributed by atoms with Crippen LogP contribution in [0.25, 0.3) is 0 Å². The van der Waals surface area contributed by atoms with E-state index in [1.54, 1.807) is 0 Å². The summed E-state index contributed by atoms with van der Waals surface area (Å²) in [5.74, 6) is 0.938. The molecule has 0 aliphatic heterocycles. The van der Waals surface area contributed by atoms with Crippen molar-refractivity contribution in [2.24, 2.45) is 5.92 Å². The SMILES string of the molecule is CC(CC1CC1)N[C@@H](CO)Cc1ccccc1. The molecule has 17 heavy (non-hydrogen) atoms. The molecule has 0 bridgehead atoms. The Morgan fingerprint density at radius 1 is 1.29 bits per heavy atom. The Balaban J connectivity index is 1.79. The third kappa shape index (κ3) is 4.49. The number of benzene rings is 1. The smallest absolute Gasteiger partial charge is 0.0587 e.